The predicted molar refractivity (Wildman–Crippen MR) is 304 cm³/mol. The van der Waals surface area contributed by atoms with Crippen LogP contribution in [0.3, 0.4) is 0 Å². The minimum Gasteiger partial charge on any atom is -0.420 e. The molecule has 14 rings (SSSR count). The lowest BCUT2D eigenvalue weighted by atomic mass is 9.95. The topological polar surface area (TPSA) is 135 Å². The number of imidazole rings is 1. The van der Waals surface area contributed by atoms with Crippen LogP contribution in [0.1, 0.15) is 11.1 Å². The van der Waals surface area contributed by atoms with E-state index in [1.165, 1.54) is 32.3 Å². The SMILES string of the molecule is Fc1c(F)c(F)c(F)c(F)c1F.O.O=S1(=O)c2ccccc2Cc2ccccc21.[CH3][Al][NH2].c1ccc(-n2cnc3ccccc32)cc1.c1ccc2c(c1)c1ccccc1c1ccccc21.c1cnc2c(c1)ccc1cccnc12. The van der Waals surface area contributed by atoms with Gasteiger partial charge in [-0.05, 0) is 92.0 Å². The summed E-state index contributed by atoms with van der Waals surface area (Å²) in [5.74, 6) is -12.2. The van der Waals surface area contributed by atoms with Gasteiger partial charge in [-0.3, -0.25) is 14.5 Å². The van der Waals surface area contributed by atoms with E-state index >= 15 is 0 Å². The molecule has 16 heteroatoms. The monoisotopic (exact) mass is 1090 g/mol. The molecule has 0 amide bonds. The van der Waals surface area contributed by atoms with Crippen molar-refractivity contribution in [3.05, 3.63) is 277 Å². The van der Waals surface area contributed by atoms with E-state index < -0.39 is 44.7 Å². The third-order valence-electron chi connectivity index (χ3n) is 12.5. The second kappa shape index (κ2) is 25.6. The Hall–Kier alpha value is -8.75. The second-order valence-electron chi connectivity index (χ2n) is 17.4. The van der Waals surface area contributed by atoms with Gasteiger partial charge < -0.3 is 10.2 Å². The summed E-state index contributed by atoms with van der Waals surface area (Å²) in [6.07, 6.45) is 6.17. The van der Waals surface area contributed by atoms with Gasteiger partial charge in [-0.1, -0.05) is 170 Å². The first kappa shape index (κ1) is 56.5. The standard InChI is InChI=1S/C18H12.C13H10N2.C13H10O2S.C12H8N2.C6F6.CH3.Al.H2N.H2O/c1-2-8-14-13(7-1)15-9-3-4-11-17(15)18-12-6-5-10-16(14)18;1-2-6-11(7-3-1)15-10-14-12-8-4-5-9-13(12)15;14-16(15)12-7-3-1-5-10(12)9-11-6-2-4-8-13(11)16;1-3-9-5-6-10-4-2-8-14-12(10)11(9)13-7-1;7-1-2(8)4(10)6(12)5(11)3(1)9;;;;/h1-12H;1-10H;1-8H,9H2;1-8H;;1H3;;2*1H2/q;;;;;;+1;-1;. The van der Waals surface area contributed by atoms with Gasteiger partial charge in [0, 0.05) is 35.3 Å². The Morgan fingerprint density at radius 1 is 0.430 bits per heavy atom. The largest absolute Gasteiger partial charge is 0.420 e. The molecule has 0 spiro atoms. The number of pyridine rings is 2. The highest BCUT2D eigenvalue weighted by Crippen LogP contribution is 2.36. The molecule has 0 fully saturated rings. The molecule has 4 heterocycles. The van der Waals surface area contributed by atoms with Gasteiger partial charge in [0.15, 0.2) is 0 Å². The molecule has 393 valence electrons. The van der Waals surface area contributed by atoms with E-state index in [1.807, 2.05) is 84.9 Å². The predicted octanol–water partition coefficient (Wildman–Crippen LogP) is 14.7. The van der Waals surface area contributed by atoms with Gasteiger partial charge in [0.05, 0.1) is 31.9 Å². The van der Waals surface area contributed by atoms with Crippen LogP contribution < -0.4 is 4.72 Å². The van der Waals surface area contributed by atoms with E-state index in [9.17, 15) is 34.8 Å². The van der Waals surface area contributed by atoms with E-state index in [0.717, 1.165) is 49.7 Å². The Bertz CT molecular complexity index is 3950. The number of fused-ring (bicyclic) bond motifs is 12. The fraction of sp³-hybridized carbons (Fsp3) is 0.0317. The van der Waals surface area contributed by atoms with Crippen molar-refractivity contribution >= 4 is 90.4 Å². The van der Waals surface area contributed by atoms with Gasteiger partial charge >= 0.3 is 15.4 Å². The van der Waals surface area contributed by atoms with Gasteiger partial charge in [0.25, 0.3) is 0 Å². The van der Waals surface area contributed by atoms with Crippen LogP contribution >= 0.6 is 0 Å². The highest BCUT2D eigenvalue weighted by atomic mass is 32.2. The minimum atomic E-state index is -3.30. The van der Waals surface area contributed by atoms with Crippen LogP contribution in [0.4, 0.5) is 26.3 Å². The maximum Gasteiger partial charge on any atom is 0.313 e. The highest BCUT2D eigenvalue weighted by Gasteiger charge is 2.28. The van der Waals surface area contributed by atoms with Crippen LogP contribution in [0.25, 0.3) is 70.8 Å². The normalized spacial score (nSPS) is 11.6. The fourth-order valence-electron chi connectivity index (χ4n) is 9.02. The summed E-state index contributed by atoms with van der Waals surface area (Å²) in [4.78, 5) is 14.0. The molecule has 0 atom stereocenters. The number of aromatic nitrogens is 4. The molecule has 0 saturated carbocycles. The van der Waals surface area contributed by atoms with Crippen molar-refractivity contribution in [3.63, 3.8) is 0 Å². The van der Waals surface area contributed by atoms with E-state index in [0.29, 0.717) is 16.2 Å². The van der Waals surface area contributed by atoms with Crippen molar-refractivity contribution < 1.29 is 40.2 Å². The maximum absolute atomic E-state index is 12.3. The lowest BCUT2D eigenvalue weighted by molar-refractivity contribution is 0.334. The average molecular weight is 1100 g/mol. The van der Waals surface area contributed by atoms with E-state index in [-0.39, 0.29) is 20.9 Å². The van der Waals surface area contributed by atoms with Gasteiger partial charge in [0.1, 0.15) is 6.33 Å². The smallest absolute Gasteiger partial charge is 0.313 e. The van der Waals surface area contributed by atoms with Crippen LogP contribution in [0, 0.1) is 34.9 Å². The van der Waals surface area contributed by atoms with Crippen molar-refractivity contribution in [2.75, 3.05) is 0 Å². The molecule has 0 bridgehead atoms. The van der Waals surface area contributed by atoms with Gasteiger partial charge in [-0.15, -0.1) is 0 Å². The summed E-state index contributed by atoms with van der Waals surface area (Å²) in [6.45, 7) is 0. The number of halogens is 6. The molecule has 13 aromatic rings. The van der Waals surface area contributed by atoms with E-state index in [1.54, 1.807) is 36.7 Å². The Balaban J connectivity index is 0.000000129. The number of nitrogens with two attached hydrogens (primary N) is 1. The molecule has 4 N–H and O–H groups in total. The molecule has 8 nitrogen and oxygen atoms in total. The third kappa shape index (κ3) is 12.0. The zero-order valence-electron chi connectivity index (χ0n) is 42.1. The third-order valence-corrected chi connectivity index (χ3v) is 14.5. The van der Waals surface area contributed by atoms with Crippen molar-refractivity contribution in [1.29, 1.82) is 0 Å². The van der Waals surface area contributed by atoms with Crippen LogP contribution in [-0.2, 0) is 16.3 Å². The number of benzene rings is 10. The van der Waals surface area contributed by atoms with Crippen LogP contribution in [0.15, 0.2) is 241 Å². The second-order valence-corrected chi connectivity index (χ2v) is 20.0. The van der Waals surface area contributed by atoms with Gasteiger partial charge in [-0.25, -0.2) is 39.7 Å². The number of hydrogen-bond donors (Lipinski definition) is 1. The number of rotatable bonds is 1. The first-order valence-electron chi connectivity index (χ1n) is 24.3. The average Bonchev–Trinajstić information content (AvgIpc) is 4.14. The molecule has 79 heavy (non-hydrogen) atoms. The number of para-hydroxylation sites is 3. The van der Waals surface area contributed by atoms with Crippen LogP contribution in [0.2, 0.25) is 5.79 Å². The van der Waals surface area contributed by atoms with E-state index in [2.05, 4.69) is 135 Å². The fourth-order valence-corrected chi connectivity index (χ4v) is 10.7. The molecule has 1 radical (unpaired) electrons. The zero-order chi connectivity index (χ0) is 54.8. The zero-order valence-corrected chi connectivity index (χ0v) is 44.1. The molecule has 3 aromatic heterocycles. The Morgan fingerprint density at radius 2 is 0.772 bits per heavy atom. The first-order chi connectivity index (χ1) is 37.9. The molecule has 10 aromatic carbocycles. The van der Waals surface area contributed by atoms with Crippen molar-refractivity contribution in [2.24, 2.45) is 4.72 Å². The summed E-state index contributed by atoms with van der Waals surface area (Å²) >= 11 is 0.250. The van der Waals surface area contributed by atoms with Crippen molar-refractivity contribution in [1.82, 2.24) is 19.5 Å². The maximum atomic E-state index is 12.3. The van der Waals surface area contributed by atoms with Crippen molar-refractivity contribution in [2.45, 2.75) is 22.0 Å². The summed E-state index contributed by atoms with van der Waals surface area (Å²) in [7, 11) is -3.30. The molecule has 1 aliphatic heterocycles. The molecular weight excluding hydrogens is 1050 g/mol. The molecular formula is C63H47AlF6N5O3S. The summed E-state index contributed by atoms with van der Waals surface area (Å²) in [6, 6.07) is 70.9. The number of nitrogens with zero attached hydrogens (tertiary/aromatic N) is 4. The minimum absolute atomic E-state index is 0. The molecule has 0 unspecified atom stereocenters. The van der Waals surface area contributed by atoms with Crippen LogP contribution in [-0.4, -0.2) is 48.9 Å². The Labute approximate surface area is 457 Å². The van der Waals surface area contributed by atoms with Crippen molar-refractivity contribution in [3.8, 4) is 5.69 Å². The quantitative estimate of drug-likeness (QED) is 0.0572. The Morgan fingerprint density at radius 3 is 1.18 bits per heavy atom. The Kier molecular flexibility index (Phi) is 18.3. The van der Waals surface area contributed by atoms with Gasteiger partial charge in [0.2, 0.25) is 44.7 Å². The first-order valence-corrected chi connectivity index (χ1v) is 27.6. The number of hydrogen-bond acceptors (Lipinski definition) is 6. The highest BCUT2D eigenvalue weighted by molar-refractivity contribution is 7.91. The lowest BCUT2D eigenvalue weighted by Gasteiger charge is -2.19. The lowest BCUT2D eigenvalue weighted by Crippen LogP contribution is -2.14. The van der Waals surface area contributed by atoms with Crippen LogP contribution in [0.5, 0.6) is 0 Å². The molecule has 0 aliphatic carbocycles. The van der Waals surface area contributed by atoms with Gasteiger partial charge in [-0.2, -0.15) is 0 Å². The summed E-state index contributed by atoms with van der Waals surface area (Å²) < 4.78 is 104. The molecule has 1 aliphatic rings. The summed E-state index contributed by atoms with van der Waals surface area (Å²) in [5, 5.41) is 10.3. The molecule has 0 saturated heterocycles. The number of sulfone groups is 1. The summed E-state index contributed by atoms with van der Waals surface area (Å²) in [5.41, 5.74) is 7.05. The van der Waals surface area contributed by atoms with E-state index in [4.69, 9.17) is 4.72 Å².